The normalized spacial score (nSPS) is 10.4. The van der Waals surface area contributed by atoms with E-state index < -0.39 is 10.9 Å². The average Bonchev–Trinajstić information content (AvgIpc) is 2.76. The van der Waals surface area contributed by atoms with Crippen LogP contribution in [0.15, 0.2) is 24.3 Å². The monoisotopic (exact) mass is 292 g/mol. The Kier molecular flexibility index (Phi) is 3.71. The average molecular weight is 292 g/mol. The minimum absolute atomic E-state index is 0.0339. The molecule has 0 fully saturated rings. The number of carboxylic acids is 1. The number of hydrogen-bond donors (Lipinski definition) is 2. The molecule has 0 radical (unpaired) electrons. The SMILES string of the molecule is CCc1c(-c2cccc([N+](=O)[O-])c2)sc(C(=O)O)c1N. The Morgan fingerprint density at radius 1 is 1.50 bits per heavy atom. The molecule has 0 saturated heterocycles. The maximum absolute atomic E-state index is 11.1. The second kappa shape index (κ2) is 5.30. The number of anilines is 1. The minimum Gasteiger partial charge on any atom is -0.477 e. The van der Waals surface area contributed by atoms with Crippen molar-refractivity contribution >= 4 is 28.7 Å². The van der Waals surface area contributed by atoms with E-state index in [2.05, 4.69) is 0 Å². The highest BCUT2D eigenvalue weighted by Gasteiger charge is 2.21. The Morgan fingerprint density at radius 3 is 2.75 bits per heavy atom. The number of nitro groups is 1. The van der Waals surface area contributed by atoms with E-state index in [4.69, 9.17) is 10.8 Å². The number of carboxylic acid groups (broad SMARTS) is 1. The number of thiophene rings is 1. The van der Waals surface area contributed by atoms with Crippen LogP contribution in [0.3, 0.4) is 0 Å². The Bertz CT molecular complexity index is 694. The minimum atomic E-state index is -1.08. The van der Waals surface area contributed by atoms with Gasteiger partial charge in [-0.1, -0.05) is 19.1 Å². The van der Waals surface area contributed by atoms with Crippen molar-refractivity contribution in [3.63, 3.8) is 0 Å². The number of nitrogen functional groups attached to an aromatic ring is 1. The van der Waals surface area contributed by atoms with Crippen molar-refractivity contribution in [1.29, 1.82) is 0 Å². The lowest BCUT2D eigenvalue weighted by atomic mass is 10.1. The van der Waals surface area contributed by atoms with E-state index in [1.165, 1.54) is 12.1 Å². The van der Waals surface area contributed by atoms with E-state index in [1.54, 1.807) is 12.1 Å². The molecule has 1 heterocycles. The summed E-state index contributed by atoms with van der Waals surface area (Å²) in [5.41, 5.74) is 7.38. The molecule has 0 amide bonds. The highest BCUT2D eigenvalue weighted by Crippen LogP contribution is 2.39. The number of non-ortho nitro benzene ring substituents is 1. The van der Waals surface area contributed by atoms with Crippen molar-refractivity contribution in [3.8, 4) is 10.4 Å². The highest BCUT2D eigenvalue weighted by molar-refractivity contribution is 7.18. The predicted octanol–water partition coefficient (Wildman–Crippen LogP) is 3.17. The molecule has 1 aromatic carbocycles. The fourth-order valence-corrected chi connectivity index (χ4v) is 3.13. The number of aromatic carboxylic acids is 1. The first-order valence-corrected chi connectivity index (χ1v) is 6.66. The van der Waals surface area contributed by atoms with Crippen molar-refractivity contribution < 1.29 is 14.8 Å². The summed E-state index contributed by atoms with van der Waals surface area (Å²) in [4.78, 5) is 22.2. The number of nitrogens with two attached hydrogens (primary N) is 1. The van der Waals surface area contributed by atoms with Gasteiger partial charge in [0, 0.05) is 17.0 Å². The fraction of sp³-hybridized carbons (Fsp3) is 0.154. The first kappa shape index (κ1) is 14.0. The second-order valence-electron chi connectivity index (χ2n) is 4.12. The predicted molar refractivity (Wildman–Crippen MR) is 77.2 cm³/mol. The molecule has 0 atom stereocenters. The summed E-state index contributed by atoms with van der Waals surface area (Å²) < 4.78 is 0. The molecule has 1 aromatic heterocycles. The highest BCUT2D eigenvalue weighted by atomic mass is 32.1. The summed E-state index contributed by atoms with van der Waals surface area (Å²) >= 11 is 1.05. The molecule has 0 saturated carbocycles. The molecule has 20 heavy (non-hydrogen) atoms. The molecule has 7 heteroatoms. The Hall–Kier alpha value is -2.41. The van der Waals surface area contributed by atoms with Gasteiger partial charge in [0.15, 0.2) is 0 Å². The van der Waals surface area contributed by atoms with Gasteiger partial charge in [-0.25, -0.2) is 4.79 Å². The molecule has 104 valence electrons. The van der Waals surface area contributed by atoms with Crippen LogP contribution < -0.4 is 5.73 Å². The summed E-state index contributed by atoms with van der Waals surface area (Å²) in [5.74, 6) is -1.08. The summed E-state index contributed by atoms with van der Waals surface area (Å²) in [5, 5.41) is 19.9. The molecule has 0 spiro atoms. The van der Waals surface area contributed by atoms with Gasteiger partial charge in [-0.15, -0.1) is 11.3 Å². The zero-order valence-electron chi connectivity index (χ0n) is 10.6. The molecular formula is C13H12N2O4S. The van der Waals surface area contributed by atoms with Crippen LogP contribution in [0.4, 0.5) is 11.4 Å². The zero-order valence-corrected chi connectivity index (χ0v) is 11.4. The van der Waals surface area contributed by atoms with E-state index in [-0.39, 0.29) is 16.3 Å². The third kappa shape index (κ3) is 2.35. The molecule has 0 aliphatic heterocycles. The van der Waals surface area contributed by atoms with Gasteiger partial charge in [-0.2, -0.15) is 0 Å². The molecule has 0 aliphatic carbocycles. The first-order chi connectivity index (χ1) is 9.45. The lowest BCUT2D eigenvalue weighted by molar-refractivity contribution is -0.384. The van der Waals surface area contributed by atoms with Gasteiger partial charge < -0.3 is 10.8 Å². The third-order valence-corrected chi connectivity index (χ3v) is 4.20. The summed E-state index contributed by atoms with van der Waals surface area (Å²) in [6.07, 6.45) is 0.563. The maximum atomic E-state index is 11.1. The van der Waals surface area contributed by atoms with Crippen molar-refractivity contribution in [1.82, 2.24) is 0 Å². The van der Waals surface area contributed by atoms with E-state index in [9.17, 15) is 14.9 Å². The van der Waals surface area contributed by atoms with Gasteiger partial charge >= 0.3 is 5.97 Å². The van der Waals surface area contributed by atoms with Gasteiger partial charge in [0.05, 0.1) is 10.6 Å². The van der Waals surface area contributed by atoms with Crippen LogP contribution in [0.1, 0.15) is 22.2 Å². The molecule has 0 unspecified atom stereocenters. The lowest BCUT2D eigenvalue weighted by Crippen LogP contribution is -1.99. The van der Waals surface area contributed by atoms with Gasteiger partial charge in [0.25, 0.3) is 5.69 Å². The third-order valence-electron chi connectivity index (χ3n) is 2.91. The van der Waals surface area contributed by atoms with E-state index in [0.717, 1.165) is 11.3 Å². The van der Waals surface area contributed by atoms with Crippen LogP contribution in [0.2, 0.25) is 0 Å². The molecule has 0 bridgehead atoms. The number of hydrogen-bond acceptors (Lipinski definition) is 5. The van der Waals surface area contributed by atoms with Crippen LogP contribution in [0.25, 0.3) is 10.4 Å². The topological polar surface area (TPSA) is 106 Å². The standard InChI is InChI=1S/C13H12N2O4S/c1-2-9-10(14)12(13(16)17)20-11(9)7-4-3-5-8(6-7)15(18)19/h3-6H,2,14H2,1H3,(H,16,17). The van der Waals surface area contributed by atoms with Crippen LogP contribution in [-0.2, 0) is 6.42 Å². The van der Waals surface area contributed by atoms with Crippen molar-refractivity contribution in [2.24, 2.45) is 0 Å². The van der Waals surface area contributed by atoms with Gasteiger partial charge in [-0.05, 0) is 17.5 Å². The van der Waals surface area contributed by atoms with Gasteiger partial charge in [0.2, 0.25) is 0 Å². The smallest absolute Gasteiger partial charge is 0.348 e. The lowest BCUT2D eigenvalue weighted by Gasteiger charge is -2.02. The van der Waals surface area contributed by atoms with E-state index in [0.29, 0.717) is 22.4 Å². The number of rotatable bonds is 4. The van der Waals surface area contributed by atoms with Crippen LogP contribution in [-0.4, -0.2) is 16.0 Å². The number of nitrogens with zero attached hydrogens (tertiary/aromatic N) is 1. The number of nitro benzene ring substituents is 1. The first-order valence-electron chi connectivity index (χ1n) is 5.85. The van der Waals surface area contributed by atoms with Crippen LogP contribution in [0, 0.1) is 10.1 Å². The van der Waals surface area contributed by atoms with E-state index in [1.807, 2.05) is 6.92 Å². The molecule has 2 aromatic rings. The van der Waals surface area contributed by atoms with Gasteiger partial charge in [-0.3, -0.25) is 10.1 Å². The molecule has 0 aliphatic rings. The molecule has 6 nitrogen and oxygen atoms in total. The Labute approximate surface area is 118 Å². The summed E-state index contributed by atoms with van der Waals surface area (Å²) in [7, 11) is 0. The second-order valence-corrected chi connectivity index (χ2v) is 5.14. The van der Waals surface area contributed by atoms with Crippen molar-refractivity contribution in [2.45, 2.75) is 13.3 Å². The van der Waals surface area contributed by atoms with Crippen molar-refractivity contribution in [2.75, 3.05) is 5.73 Å². The molecular weight excluding hydrogens is 280 g/mol. The largest absolute Gasteiger partial charge is 0.477 e. The van der Waals surface area contributed by atoms with Crippen LogP contribution in [0.5, 0.6) is 0 Å². The fourth-order valence-electron chi connectivity index (χ4n) is 1.98. The summed E-state index contributed by atoms with van der Waals surface area (Å²) in [6, 6.07) is 6.10. The maximum Gasteiger partial charge on any atom is 0.348 e. The Morgan fingerprint density at radius 2 is 2.20 bits per heavy atom. The quantitative estimate of drug-likeness (QED) is 0.665. The molecule has 2 rings (SSSR count). The number of benzene rings is 1. The van der Waals surface area contributed by atoms with E-state index >= 15 is 0 Å². The van der Waals surface area contributed by atoms with Crippen molar-refractivity contribution in [3.05, 3.63) is 44.8 Å². The van der Waals surface area contributed by atoms with Gasteiger partial charge in [0.1, 0.15) is 4.88 Å². The Balaban J connectivity index is 2.63. The number of carbonyl (C=O) groups is 1. The zero-order chi connectivity index (χ0) is 14.9. The summed E-state index contributed by atoms with van der Waals surface area (Å²) in [6.45, 7) is 1.87. The molecule has 3 N–H and O–H groups in total. The van der Waals surface area contributed by atoms with Crippen LogP contribution >= 0.6 is 11.3 Å².